The van der Waals surface area contributed by atoms with Crippen LogP contribution in [0.2, 0.25) is 10.0 Å². The van der Waals surface area contributed by atoms with Crippen LogP contribution >= 0.6 is 34.5 Å². The molecule has 39 heavy (non-hydrogen) atoms. The lowest BCUT2D eigenvalue weighted by molar-refractivity contribution is 0.324. The summed E-state index contributed by atoms with van der Waals surface area (Å²) in [7, 11) is 4.77. The van der Waals surface area contributed by atoms with Gasteiger partial charge < -0.3 is 14.2 Å². The van der Waals surface area contributed by atoms with Crippen LogP contribution in [0.3, 0.4) is 0 Å². The number of allylic oxidation sites excluding steroid dienone is 2. The summed E-state index contributed by atoms with van der Waals surface area (Å²) in [6.45, 7) is 6.20. The summed E-state index contributed by atoms with van der Waals surface area (Å²) >= 11 is 14.3. The van der Waals surface area contributed by atoms with Gasteiger partial charge in [-0.15, -0.1) is 11.3 Å². The zero-order valence-electron chi connectivity index (χ0n) is 22.5. The van der Waals surface area contributed by atoms with E-state index in [9.17, 15) is 4.79 Å². The Hall–Kier alpha value is -3.26. The molecule has 0 aliphatic heterocycles. The van der Waals surface area contributed by atoms with Crippen molar-refractivity contribution in [3.05, 3.63) is 84.2 Å². The molecule has 0 N–H and O–H groups in total. The molecule has 0 saturated carbocycles. The molecule has 6 nitrogen and oxygen atoms in total. The number of benzene rings is 2. The second-order valence-corrected chi connectivity index (χ2v) is 11.8. The summed E-state index contributed by atoms with van der Waals surface area (Å²) < 4.78 is 18.0. The zero-order valence-corrected chi connectivity index (χ0v) is 24.8. The predicted octanol–water partition coefficient (Wildman–Crippen LogP) is 7.87. The number of halogens is 2. The molecule has 202 valence electrons. The fourth-order valence-electron chi connectivity index (χ4n) is 5.09. The number of nitrogens with zero attached hydrogens (tertiary/aromatic N) is 2. The SMILES string of the molecule is COc1cc(/C=C/C2=Cc3c(sc4nc(C)n(-c5cc(Cl)ccc5Cl)c(=O)c34)C(C)(C)C2)cc(OC)c1OC. The fourth-order valence-corrected chi connectivity index (χ4v) is 6.75. The van der Waals surface area contributed by atoms with E-state index in [1.54, 1.807) is 55.4 Å². The average molecular weight is 584 g/mol. The lowest BCUT2D eigenvalue weighted by Gasteiger charge is -2.29. The van der Waals surface area contributed by atoms with Crippen molar-refractivity contribution >= 4 is 56.9 Å². The number of ether oxygens (including phenoxy) is 3. The first kappa shape index (κ1) is 27.3. The van der Waals surface area contributed by atoms with Gasteiger partial charge in [-0.2, -0.15) is 0 Å². The summed E-state index contributed by atoms with van der Waals surface area (Å²) in [4.78, 5) is 20.7. The molecule has 4 aromatic rings. The third-order valence-corrected chi connectivity index (χ3v) is 8.87. The van der Waals surface area contributed by atoms with E-state index >= 15 is 0 Å². The Kier molecular flexibility index (Phi) is 7.27. The molecule has 2 heterocycles. The van der Waals surface area contributed by atoms with Crippen molar-refractivity contribution in [2.75, 3.05) is 21.3 Å². The Morgan fingerprint density at radius 2 is 1.72 bits per heavy atom. The Morgan fingerprint density at radius 1 is 1.03 bits per heavy atom. The van der Waals surface area contributed by atoms with Gasteiger partial charge in [0.05, 0.1) is 37.4 Å². The summed E-state index contributed by atoms with van der Waals surface area (Å²) in [6.07, 6.45) is 6.98. The van der Waals surface area contributed by atoms with Crippen LogP contribution in [-0.2, 0) is 5.41 Å². The first-order valence-corrected chi connectivity index (χ1v) is 13.9. The molecular weight excluding hydrogens is 555 g/mol. The van der Waals surface area contributed by atoms with Gasteiger partial charge in [0, 0.05) is 20.9 Å². The highest BCUT2D eigenvalue weighted by Crippen LogP contribution is 2.46. The lowest BCUT2D eigenvalue weighted by Crippen LogP contribution is -2.24. The predicted molar refractivity (Wildman–Crippen MR) is 161 cm³/mol. The standard InChI is InChI=1S/C30H28Cl2N2O4S/c1-16-33-28-25(29(35)34(16)22-14-19(31)9-10-21(22)32)20-11-18(15-30(2,3)27(20)39-28)8-7-17-12-23(36-4)26(38-6)24(13-17)37-5/h7-14H,15H2,1-6H3/b8-7+. The number of thiophene rings is 1. The second kappa shape index (κ2) is 10.4. The second-order valence-electron chi connectivity index (χ2n) is 9.99. The maximum atomic E-state index is 14.0. The third-order valence-electron chi connectivity index (χ3n) is 6.85. The van der Waals surface area contributed by atoms with Gasteiger partial charge in [-0.3, -0.25) is 9.36 Å². The lowest BCUT2D eigenvalue weighted by atomic mass is 9.77. The Balaban J connectivity index is 1.66. The number of hydrogen-bond acceptors (Lipinski definition) is 6. The average Bonchev–Trinajstić information content (AvgIpc) is 3.27. The first-order chi connectivity index (χ1) is 18.6. The number of methoxy groups -OCH3 is 3. The summed E-state index contributed by atoms with van der Waals surface area (Å²) in [6, 6.07) is 8.88. The first-order valence-electron chi connectivity index (χ1n) is 12.3. The summed E-state index contributed by atoms with van der Waals surface area (Å²) in [5, 5.41) is 1.51. The maximum Gasteiger partial charge on any atom is 0.267 e. The van der Waals surface area contributed by atoms with Gasteiger partial charge in [-0.05, 0) is 60.9 Å². The molecular formula is C30H28Cl2N2O4S. The molecule has 1 aliphatic carbocycles. The van der Waals surface area contributed by atoms with Gasteiger partial charge >= 0.3 is 0 Å². The van der Waals surface area contributed by atoms with E-state index in [-0.39, 0.29) is 11.0 Å². The van der Waals surface area contributed by atoms with Crippen molar-refractivity contribution in [1.29, 1.82) is 0 Å². The molecule has 5 rings (SSSR count). The number of aromatic nitrogens is 2. The molecule has 0 radical (unpaired) electrons. The van der Waals surface area contributed by atoms with Gasteiger partial charge in [0.2, 0.25) is 5.75 Å². The van der Waals surface area contributed by atoms with Crippen LogP contribution in [0.4, 0.5) is 0 Å². The molecule has 0 amide bonds. The van der Waals surface area contributed by atoms with Crippen LogP contribution in [0.25, 0.3) is 28.1 Å². The molecule has 0 atom stereocenters. The maximum absolute atomic E-state index is 14.0. The highest BCUT2D eigenvalue weighted by Gasteiger charge is 2.33. The minimum Gasteiger partial charge on any atom is -0.493 e. The number of rotatable bonds is 6. The quantitative estimate of drug-likeness (QED) is 0.231. The van der Waals surface area contributed by atoms with Crippen LogP contribution in [-0.4, -0.2) is 30.9 Å². The fraction of sp³-hybridized carbons (Fsp3) is 0.267. The van der Waals surface area contributed by atoms with Gasteiger partial charge in [0.1, 0.15) is 10.7 Å². The van der Waals surface area contributed by atoms with Gasteiger partial charge in [0.25, 0.3) is 5.56 Å². The summed E-state index contributed by atoms with van der Waals surface area (Å²) in [5.74, 6) is 2.27. The monoisotopic (exact) mass is 582 g/mol. The Morgan fingerprint density at radius 3 is 2.36 bits per heavy atom. The smallest absolute Gasteiger partial charge is 0.267 e. The minimum absolute atomic E-state index is 0.166. The van der Waals surface area contributed by atoms with Crippen LogP contribution in [0.15, 0.2) is 46.8 Å². The number of fused-ring (bicyclic) bond motifs is 3. The van der Waals surface area contributed by atoms with Crippen molar-refractivity contribution in [3.8, 4) is 22.9 Å². The van der Waals surface area contributed by atoms with Crippen molar-refractivity contribution in [2.24, 2.45) is 0 Å². The van der Waals surface area contributed by atoms with Crippen LogP contribution in [0.5, 0.6) is 17.2 Å². The van der Waals surface area contributed by atoms with Gasteiger partial charge in [-0.25, -0.2) is 4.98 Å². The van der Waals surface area contributed by atoms with Crippen LogP contribution in [0.1, 0.15) is 42.1 Å². The van der Waals surface area contributed by atoms with E-state index in [2.05, 4.69) is 26.0 Å². The normalized spacial score (nSPS) is 14.4. The van der Waals surface area contributed by atoms with E-state index in [0.29, 0.717) is 44.2 Å². The highest BCUT2D eigenvalue weighted by atomic mass is 35.5. The molecule has 0 bridgehead atoms. The molecule has 0 spiro atoms. The molecule has 2 aromatic heterocycles. The van der Waals surface area contributed by atoms with E-state index in [1.165, 1.54) is 0 Å². The van der Waals surface area contributed by atoms with Crippen LogP contribution in [0, 0.1) is 6.92 Å². The molecule has 1 aliphatic rings. The van der Waals surface area contributed by atoms with E-state index in [1.807, 2.05) is 25.1 Å². The molecule has 0 saturated heterocycles. The third kappa shape index (κ3) is 4.84. The van der Waals surface area contributed by atoms with Crippen molar-refractivity contribution in [1.82, 2.24) is 9.55 Å². The number of hydrogen-bond donors (Lipinski definition) is 0. The van der Waals surface area contributed by atoms with Crippen molar-refractivity contribution < 1.29 is 14.2 Å². The van der Waals surface area contributed by atoms with Gasteiger partial charge in [-0.1, -0.05) is 49.2 Å². The summed E-state index contributed by atoms with van der Waals surface area (Å²) in [5.41, 5.74) is 3.06. The Bertz CT molecular complexity index is 1710. The Labute approximate surface area is 241 Å². The topological polar surface area (TPSA) is 62.6 Å². The van der Waals surface area contributed by atoms with E-state index in [0.717, 1.165) is 32.8 Å². The van der Waals surface area contributed by atoms with E-state index < -0.39 is 0 Å². The molecule has 0 fully saturated rings. The van der Waals surface area contributed by atoms with Crippen LogP contribution < -0.4 is 19.8 Å². The molecule has 0 unspecified atom stereocenters. The van der Waals surface area contributed by atoms with Gasteiger partial charge in [0.15, 0.2) is 11.5 Å². The van der Waals surface area contributed by atoms with Crippen molar-refractivity contribution in [3.63, 3.8) is 0 Å². The highest BCUT2D eigenvalue weighted by molar-refractivity contribution is 7.19. The number of aryl methyl sites for hydroxylation is 1. The molecule has 9 heteroatoms. The molecule has 2 aromatic carbocycles. The zero-order chi connectivity index (χ0) is 28.1. The van der Waals surface area contributed by atoms with E-state index in [4.69, 9.17) is 42.4 Å². The largest absolute Gasteiger partial charge is 0.493 e. The van der Waals surface area contributed by atoms with Crippen molar-refractivity contribution in [2.45, 2.75) is 32.6 Å². The minimum atomic E-state index is -0.191.